The van der Waals surface area contributed by atoms with E-state index in [9.17, 15) is 13.2 Å². The van der Waals surface area contributed by atoms with Crippen LogP contribution >= 0.6 is 27.7 Å². The first-order valence-corrected chi connectivity index (χ1v) is 8.98. The maximum atomic E-state index is 12.6. The number of rotatable bonds is 5. The Hall–Kier alpha value is -0.940. The van der Waals surface area contributed by atoms with E-state index in [2.05, 4.69) is 15.9 Å². The second-order valence-electron chi connectivity index (χ2n) is 5.54. The van der Waals surface area contributed by atoms with Gasteiger partial charge in [-0.15, -0.1) is 11.8 Å². The van der Waals surface area contributed by atoms with E-state index in [0.29, 0.717) is 0 Å². The lowest BCUT2D eigenvalue weighted by atomic mass is 10.1. The van der Waals surface area contributed by atoms with Gasteiger partial charge < -0.3 is 0 Å². The molecule has 2 aromatic carbocycles. The highest BCUT2D eigenvalue weighted by Gasteiger charge is 2.29. The molecule has 5 heteroatoms. The van der Waals surface area contributed by atoms with Gasteiger partial charge in [0.1, 0.15) is 0 Å². The Balaban J connectivity index is 2.24. The van der Waals surface area contributed by atoms with Gasteiger partial charge in [0.25, 0.3) is 0 Å². The van der Waals surface area contributed by atoms with Crippen molar-refractivity contribution >= 4 is 27.7 Å². The third-order valence-electron chi connectivity index (χ3n) is 3.55. The van der Waals surface area contributed by atoms with Crippen LogP contribution in [0.25, 0.3) is 0 Å². The van der Waals surface area contributed by atoms with Crippen LogP contribution in [0.15, 0.2) is 51.8 Å². The predicted octanol–water partition coefficient (Wildman–Crippen LogP) is 7.24. The van der Waals surface area contributed by atoms with E-state index < -0.39 is 12.6 Å². The van der Waals surface area contributed by atoms with Gasteiger partial charge in [0, 0.05) is 21.0 Å². The maximum absolute atomic E-state index is 12.6. The Morgan fingerprint density at radius 1 is 1.04 bits per heavy atom. The van der Waals surface area contributed by atoms with Gasteiger partial charge in [0.05, 0.1) is 0 Å². The van der Waals surface area contributed by atoms with Gasteiger partial charge >= 0.3 is 6.18 Å². The summed E-state index contributed by atoms with van der Waals surface area (Å²) in [5, 5.41) is -0.210. The molecule has 0 spiro atoms. The monoisotopic (exact) mass is 402 g/mol. The first-order chi connectivity index (χ1) is 10.8. The summed E-state index contributed by atoms with van der Waals surface area (Å²) in [6.07, 6.45) is -4.82. The molecule has 1 unspecified atom stereocenters. The molecule has 0 aliphatic heterocycles. The van der Waals surface area contributed by atoms with Crippen LogP contribution < -0.4 is 0 Å². The highest BCUT2D eigenvalue weighted by molar-refractivity contribution is 9.10. The highest BCUT2D eigenvalue weighted by Crippen LogP contribution is 2.42. The molecule has 23 heavy (non-hydrogen) atoms. The van der Waals surface area contributed by atoms with Gasteiger partial charge in [-0.05, 0) is 49.1 Å². The van der Waals surface area contributed by atoms with Crippen LogP contribution in [0.1, 0.15) is 34.8 Å². The summed E-state index contributed by atoms with van der Waals surface area (Å²) in [6.45, 7) is 3.99. The summed E-state index contributed by atoms with van der Waals surface area (Å²) in [7, 11) is 0. The predicted molar refractivity (Wildman–Crippen MR) is 93.9 cm³/mol. The second-order valence-corrected chi connectivity index (χ2v) is 7.61. The highest BCUT2D eigenvalue weighted by atomic mass is 79.9. The molecule has 0 radical (unpaired) electrons. The van der Waals surface area contributed by atoms with Crippen LogP contribution in [-0.4, -0.2) is 6.18 Å². The van der Waals surface area contributed by atoms with Crippen LogP contribution in [0.5, 0.6) is 0 Å². The lowest BCUT2D eigenvalue weighted by molar-refractivity contribution is -0.135. The fraction of sp³-hybridized carbons (Fsp3) is 0.333. The van der Waals surface area contributed by atoms with Gasteiger partial charge in [-0.3, -0.25) is 0 Å². The van der Waals surface area contributed by atoms with E-state index in [1.807, 2.05) is 56.3 Å². The van der Waals surface area contributed by atoms with Gasteiger partial charge in [0.15, 0.2) is 0 Å². The summed E-state index contributed by atoms with van der Waals surface area (Å²) >= 11 is 5.02. The first-order valence-electron chi connectivity index (χ1n) is 7.31. The molecule has 0 heterocycles. The fourth-order valence-corrected chi connectivity index (χ4v) is 3.97. The van der Waals surface area contributed by atoms with Crippen LogP contribution in [0, 0.1) is 13.8 Å². The second kappa shape index (κ2) is 7.75. The Kier molecular flexibility index (Phi) is 6.20. The zero-order valence-electron chi connectivity index (χ0n) is 13.0. The number of thioether (sulfide) groups is 1. The van der Waals surface area contributed by atoms with Crippen LogP contribution in [-0.2, 0) is 0 Å². The Labute approximate surface area is 147 Å². The number of halogens is 4. The zero-order valence-corrected chi connectivity index (χ0v) is 15.4. The topological polar surface area (TPSA) is 0 Å². The van der Waals surface area contributed by atoms with Crippen molar-refractivity contribution in [3.8, 4) is 0 Å². The van der Waals surface area contributed by atoms with Crippen molar-refractivity contribution in [3.63, 3.8) is 0 Å². The Bertz CT molecular complexity index is 630. The average Bonchev–Trinajstić information content (AvgIpc) is 2.49. The quantitative estimate of drug-likeness (QED) is 0.474. The summed E-state index contributed by atoms with van der Waals surface area (Å²) < 4.78 is 39.0. The zero-order chi connectivity index (χ0) is 17.0. The van der Waals surface area contributed by atoms with E-state index >= 15 is 0 Å². The van der Waals surface area contributed by atoms with Crippen LogP contribution in [0.4, 0.5) is 13.2 Å². The minimum absolute atomic E-state index is 0.0757. The number of aryl methyl sites for hydroxylation is 2. The number of benzene rings is 2. The Morgan fingerprint density at radius 2 is 1.61 bits per heavy atom. The molecule has 0 aliphatic carbocycles. The smallest absolute Gasteiger partial charge is 0.171 e. The summed E-state index contributed by atoms with van der Waals surface area (Å²) in [5.41, 5.74) is 3.12. The van der Waals surface area contributed by atoms with Crippen molar-refractivity contribution in [1.29, 1.82) is 0 Å². The van der Waals surface area contributed by atoms with E-state index in [4.69, 9.17) is 0 Å². The molecule has 0 saturated heterocycles. The molecular formula is C18H18BrF3S. The third kappa shape index (κ3) is 5.57. The van der Waals surface area contributed by atoms with E-state index in [1.165, 1.54) is 11.8 Å². The lowest BCUT2D eigenvalue weighted by Crippen LogP contribution is -2.09. The molecule has 0 bridgehead atoms. The van der Waals surface area contributed by atoms with E-state index in [1.54, 1.807) is 0 Å². The van der Waals surface area contributed by atoms with Gasteiger partial charge in [-0.2, -0.15) is 13.2 Å². The molecule has 0 amide bonds. The molecule has 0 aromatic heterocycles. The minimum Gasteiger partial charge on any atom is -0.171 e. The first kappa shape index (κ1) is 18.4. The van der Waals surface area contributed by atoms with Crippen molar-refractivity contribution in [2.75, 3.05) is 0 Å². The number of hydrogen-bond donors (Lipinski definition) is 0. The minimum atomic E-state index is -4.13. The van der Waals surface area contributed by atoms with Crippen molar-refractivity contribution in [1.82, 2.24) is 0 Å². The SMILES string of the molecule is Cc1cc(SC(CCC(F)(F)F)c2ccccc2)cc(C)c1Br. The molecular weight excluding hydrogens is 385 g/mol. The van der Waals surface area contributed by atoms with Crippen LogP contribution in [0.3, 0.4) is 0 Å². The molecule has 2 rings (SSSR count). The van der Waals surface area contributed by atoms with Gasteiger partial charge in [-0.25, -0.2) is 0 Å². The molecule has 2 aromatic rings. The van der Waals surface area contributed by atoms with Crippen molar-refractivity contribution in [2.45, 2.75) is 43.0 Å². The molecule has 1 atom stereocenters. The summed E-state index contributed by atoms with van der Waals surface area (Å²) in [5.74, 6) is 0. The van der Waals surface area contributed by atoms with E-state index in [0.717, 1.165) is 26.1 Å². The summed E-state index contributed by atoms with van der Waals surface area (Å²) in [4.78, 5) is 0.999. The maximum Gasteiger partial charge on any atom is 0.389 e. The number of alkyl halides is 3. The van der Waals surface area contributed by atoms with Crippen molar-refractivity contribution in [2.24, 2.45) is 0 Å². The fourth-order valence-electron chi connectivity index (χ4n) is 2.39. The largest absolute Gasteiger partial charge is 0.389 e. The summed E-state index contributed by atoms with van der Waals surface area (Å²) in [6, 6.07) is 13.4. The van der Waals surface area contributed by atoms with Crippen molar-refractivity contribution in [3.05, 3.63) is 63.6 Å². The molecule has 0 fully saturated rings. The molecule has 0 N–H and O–H groups in total. The Morgan fingerprint density at radius 3 is 2.13 bits per heavy atom. The normalized spacial score (nSPS) is 13.1. The molecule has 124 valence electrons. The average molecular weight is 403 g/mol. The molecule has 0 nitrogen and oxygen atoms in total. The lowest BCUT2D eigenvalue weighted by Gasteiger charge is -2.19. The van der Waals surface area contributed by atoms with Crippen molar-refractivity contribution < 1.29 is 13.2 Å². The standard InChI is InChI=1S/C18H18BrF3S/c1-12-10-15(11-13(2)17(12)19)23-16(8-9-18(20,21)22)14-6-4-3-5-7-14/h3-7,10-11,16H,8-9H2,1-2H3. The number of hydrogen-bond acceptors (Lipinski definition) is 1. The third-order valence-corrected chi connectivity index (χ3v) is 6.10. The molecule has 0 aliphatic rings. The van der Waals surface area contributed by atoms with Gasteiger partial charge in [-0.1, -0.05) is 46.3 Å². The molecule has 0 saturated carbocycles. The van der Waals surface area contributed by atoms with Gasteiger partial charge in [0.2, 0.25) is 0 Å². The van der Waals surface area contributed by atoms with E-state index in [-0.39, 0.29) is 11.7 Å². The van der Waals surface area contributed by atoms with Crippen LogP contribution in [0.2, 0.25) is 0 Å².